The fourth-order valence-electron chi connectivity index (χ4n) is 3.71. The van der Waals surface area contributed by atoms with Crippen LogP contribution in [-0.4, -0.2) is 44.0 Å². The number of likely N-dealkylation sites (tertiary alicyclic amines) is 1. The molecule has 2 aromatic rings. The molecule has 1 saturated heterocycles. The summed E-state index contributed by atoms with van der Waals surface area (Å²) in [5.74, 6) is -0.123. The van der Waals surface area contributed by atoms with Crippen LogP contribution < -0.4 is 4.72 Å². The first-order valence-electron chi connectivity index (χ1n) is 10.5. The molecule has 6 nitrogen and oxygen atoms in total. The first-order valence-corrected chi connectivity index (χ1v) is 12.0. The number of unbranched alkanes of at least 4 members (excludes halogenated alkanes) is 1. The first-order chi connectivity index (χ1) is 14.4. The monoisotopic (exact) mass is 430 g/mol. The van der Waals surface area contributed by atoms with E-state index in [9.17, 15) is 18.3 Å². The maximum Gasteiger partial charge on any atom is 0.261 e. The van der Waals surface area contributed by atoms with Crippen LogP contribution in [0.25, 0.3) is 0 Å². The number of nitrogens with zero attached hydrogens (tertiary/aromatic N) is 1. The van der Waals surface area contributed by atoms with E-state index in [-0.39, 0.29) is 23.3 Å². The van der Waals surface area contributed by atoms with E-state index in [1.165, 1.54) is 17.7 Å². The van der Waals surface area contributed by atoms with E-state index in [0.717, 1.165) is 32.1 Å². The van der Waals surface area contributed by atoms with Gasteiger partial charge >= 0.3 is 0 Å². The Hall–Kier alpha value is -2.38. The molecule has 1 atom stereocenters. The van der Waals surface area contributed by atoms with E-state index in [1.807, 2.05) is 12.1 Å². The van der Waals surface area contributed by atoms with Crippen LogP contribution in [0.2, 0.25) is 0 Å². The van der Waals surface area contributed by atoms with Gasteiger partial charge in [-0.05, 0) is 67.5 Å². The summed E-state index contributed by atoms with van der Waals surface area (Å²) in [6.45, 7) is 3.31. The minimum Gasteiger partial charge on any atom is -0.396 e. The van der Waals surface area contributed by atoms with Gasteiger partial charge in [0.15, 0.2) is 0 Å². The average molecular weight is 431 g/mol. The molecule has 162 valence electrons. The molecule has 1 aliphatic heterocycles. The third kappa shape index (κ3) is 5.61. The summed E-state index contributed by atoms with van der Waals surface area (Å²) in [6.07, 6.45) is 4.92. The number of aliphatic hydroxyl groups is 1. The van der Waals surface area contributed by atoms with Crippen LogP contribution in [0.3, 0.4) is 0 Å². The van der Waals surface area contributed by atoms with Gasteiger partial charge in [0.2, 0.25) is 0 Å². The number of anilines is 1. The Morgan fingerprint density at radius 2 is 1.97 bits per heavy atom. The van der Waals surface area contributed by atoms with Crippen LogP contribution in [0.4, 0.5) is 5.69 Å². The molecule has 0 saturated carbocycles. The molecule has 0 aromatic heterocycles. The third-order valence-electron chi connectivity index (χ3n) is 5.48. The minimum atomic E-state index is -3.81. The van der Waals surface area contributed by atoms with Crippen molar-refractivity contribution in [3.05, 3.63) is 59.7 Å². The van der Waals surface area contributed by atoms with Gasteiger partial charge in [0.25, 0.3) is 15.9 Å². The number of carbonyl (C=O) groups is 1. The standard InChI is InChI=1S/C23H30N2O4S/c1-2-3-6-18-10-12-21(13-11-18)24-30(28,29)22-9-4-8-20(15-22)23(27)25-14-5-7-19(16-25)17-26/h4,8-13,15,19,24,26H,2-3,5-7,14,16-17H2,1H3. The van der Waals surface area contributed by atoms with E-state index in [0.29, 0.717) is 24.3 Å². The number of amides is 1. The molecule has 1 fully saturated rings. The molecular weight excluding hydrogens is 400 g/mol. The number of aryl methyl sites for hydroxylation is 1. The van der Waals surface area contributed by atoms with E-state index in [4.69, 9.17) is 0 Å². The van der Waals surface area contributed by atoms with Gasteiger partial charge < -0.3 is 10.0 Å². The number of hydrogen-bond acceptors (Lipinski definition) is 4. The second-order valence-corrected chi connectivity index (χ2v) is 9.56. The van der Waals surface area contributed by atoms with Crippen molar-refractivity contribution in [2.45, 2.75) is 43.9 Å². The Labute approximate surface area is 179 Å². The summed E-state index contributed by atoms with van der Waals surface area (Å²) < 4.78 is 28.3. The van der Waals surface area contributed by atoms with E-state index in [2.05, 4.69) is 11.6 Å². The number of rotatable bonds is 8. The predicted octanol–water partition coefficient (Wildman–Crippen LogP) is 3.67. The van der Waals surface area contributed by atoms with E-state index < -0.39 is 10.0 Å². The Bertz CT molecular complexity index is 957. The van der Waals surface area contributed by atoms with Crippen LogP contribution in [-0.2, 0) is 16.4 Å². The molecule has 1 aliphatic rings. The van der Waals surface area contributed by atoms with Crippen molar-refractivity contribution < 1.29 is 18.3 Å². The van der Waals surface area contributed by atoms with Crippen molar-refractivity contribution in [3.8, 4) is 0 Å². The van der Waals surface area contributed by atoms with Crippen molar-refractivity contribution in [2.24, 2.45) is 5.92 Å². The van der Waals surface area contributed by atoms with Crippen molar-refractivity contribution in [1.82, 2.24) is 4.90 Å². The van der Waals surface area contributed by atoms with Crippen LogP contribution in [0.5, 0.6) is 0 Å². The minimum absolute atomic E-state index is 0.0547. The molecule has 2 N–H and O–H groups in total. The highest BCUT2D eigenvalue weighted by Crippen LogP contribution is 2.21. The summed E-state index contributed by atoms with van der Waals surface area (Å²) in [6, 6.07) is 13.5. The van der Waals surface area contributed by atoms with E-state index >= 15 is 0 Å². The fourth-order valence-corrected chi connectivity index (χ4v) is 4.82. The zero-order chi connectivity index (χ0) is 21.6. The normalized spacial score (nSPS) is 17.0. The Kier molecular flexibility index (Phi) is 7.50. The lowest BCUT2D eigenvalue weighted by molar-refractivity contribution is 0.0620. The maximum absolute atomic E-state index is 12.9. The third-order valence-corrected chi connectivity index (χ3v) is 6.86. The highest BCUT2D eigenvalue weighted by atomic mass is 32.2. The van der Waals surface area contributed by atoms with Crippen LogP contribution >= 0.6 is 0 Å². The topological polar surface area (TPSA) is 86.7 Å². The highest BCUT2D eigenvalue weighted by Gasteiger charge is 2.25. The Morgan fingerprint density at radius 3 is 2.67 bits per heavy atom. The average Bonchev–Trinajstić information content (AvgIpc) is 2.78. The molecule has 2 aromatic carbocycles. The summed E-state index contributed by atoms with van der Waals surface area (Å²) in [4.78, 5) is 14.6. The number of carbonyl (C=O) groups excluding carboxylic acids is 1. The molecule has 1 amide bonds. The van der Waals surface area contributed by atoms with Gasteiger partial charge in [-0.1, -0.05) is 31.5 Å². The van der Waals surface area contributed by atoms with Crippen molar-refractivity contribution in [2.75, 3.05) is 24.4 Å². The molecule has 1 unspecified atom stereocenters. The SMILES string of the molecule is CCCCc1ccc(NS(=O)(=O)c2cccc(C(=O)N3CCCC(CO)C3)c2)cc1. The van der Waals surface area contributed by atoms with Gasteiger partial charge in [-0.15, -0.1) is 0 Å². The van der Waals surface area contributed by atoms with Crippen LogP contribution in [0.15, 0.2) is 53.4 Å². The molecule has 1 heterocycles. The molecule has 30 heavy (non-hydrogen) atoms. The molecule has 0 bridgehead atoms. The number of benzene rings is 2. The molecular formula is C23H30N2O4S. The van der Waals surface area contributed by atoms with Gasteiger partial charge in [0.1, 0.15) is 0 Å². The smallest absolute Gasteiger partial charge is 0.261 e. The van der Waals surface area contributed by atoms with E-state index in [1.54, 1.807) is 29.2 Å². The van der Waals surface area contributed by atoms with Gasteiger partial charge in [0.05, 0.1) is 4.90 Å². The molecule has 7 heteroatoms. The fraction of sp³-hybridized carbons (Fsp3) is 0.435. The first kappa shape index (κ1) is 22.3. The quantitative estimate of drug-likeness (QED) is 0.669. The highest BCUT2D eigenvalue weighted by molar-refractivity contribution is 7.92. The van der Waals surface area contributed by atoms with Gasteiger partial charge in [-0.2, -0.15) is 0 Å². The second kappa shape index (κ2) is 10.1. The van der Waals surface area contributed by atoms with Crippen molar-refractivity contribution >= 4 is 21.6 Å². The second-order valence-electron chi connectivity index (χ2n) is 7.88. The van der Waals surface area contributed by atoms with Crippen molar-refractivity contribution in [3.63, 3.8) is 0 Å². The van der Waals surface area contributed by atoms with Crippen LogP contribution in [0, 0.1) is 5.92 Å². The van der Waals surface area contributed by atoms with Gasteiger partial charge in [-0.3, -0.25) is 9.52 Å². The number of hydrogen-bond donors (Lipinski definition) is 2. The number of aliphatic hydroxyl groups excluding tert-OH is 1. The zero-order valence-electron chi connectivity index (χ0n) is 17.4. The summed E-state index contributed by atoms with van der Waals surface area (Å²) in [5.41, 5.74) is 2.01. The number of nitrogens with one attached hydrogen (secondary N) is 1. The summed E-state index contributed by atoms with van der Waals surface area (Å²) >= 11 is 0. The molecule has 0 aliphatic carbocycles. The zero-order valence-corrected chi connectivity index (χ0v) is 18.2. The van der Waals surface area contributed by atoms with Gasteiger partial charge in [0, 0.05) is 30.9 Å². The maximum atomic E-state index is 12.9. The molecule has 3 rings (SSSR count). The van der Waals surface area contributed by atoms with Gasteiger partial charge in [-0.25, -0.2) is 8.42 Å². The lowest BCUT2D eigenvalue weighted by Gasteiger charge is -2.32. The van der Waals surface area contributed by atoms with Crippen molar-refractivity contribution in [1.29, 1.82) is 0 Å². The molecule has 0 radical (unpaired) electrons. The predicted molar refractivity (Wildman–Crippen MR) is 118 cm³/mol. The summed E-state index contributed by atoms with van der Waals surface area (Å²) in [7, 11) is -3.81. The number of sulfonamides is 1. The van der Waals surface area contributed by atoms with Crippen LogP contribution in [0.1, 0.15) is 48.5 Å². The lowest BCUT2D eigenvalue weighted by atomic mass is 9.98. The molecule has 0 spiro atoms. The Balaban J connectivity index is 1.73. The Morgan fingerprint density at radius 1 is 1.20 bits per heavy atom. The largest absolute Gasteiger partial charge is 0.396 e. The number of piperidine rings is 1. The lowest BCUT2D eigenvalue weighted by Crippen LogP contribution is -2.41. The summed E-state index contributed by atoms with van der Waals surface area (Å²) in [5, 5.41) is 9.39.